The van der Waals surface area contributed by atoms with Crippen molar-refractivity contribution in [1.82, 2.24) is 9.97 Å². The number of thiazole rings is 1. The molecule has 2 heterocycles. The molecule has 0 aliphatic carbocycles. The molecule has 0 fully saturated rings. The van der Waals surface area contributed by atoms with Gasteiger partial charge in [0.1, 0.15) is 18.1 Å². The number of aryl methyl sites for hydroxylation is 2. The maximum Gasteiger partial charge on any atom is 0.328 e. The number of carbonyl (C=O) groups is 1. The van der Waals surface area contributed by atoms with Crippen LogP contribution in [0, 0.1) is 13.8 Å². The van der Waals surface area contributed by atoms with E-state index in [4.69, 9.17) is 14.6 Å². The molecule has 0 bridgehead atoms. The summed E-state index contributed by atoms with van der Waals surface area (Å²) >= 11 is 1.54. The minimum absolute atomic E-state index is 0.454. The third-order valence-electron chi connectivity index (χ3n) is 3.68. The molecule has 0 amide bonds. The van der Waals surface area contributed by atoms with Gasteiger partial charge in [0.25, 0.3) is 0 Å². The molecule has 2 aromatic heterocycles. The Balaban J connectivity index is 1.68. The molecule has 0 unspecified atom stereocenters. The highest BCUT2D eigenvalue weighted by atomic mass is 32.1. The quantitative estimate of drug-likeness (QED) is 0.600. The molecule has 27 heavy (non-hydrogen) atoms. The zero-order valence-electron chi connectivity index (χ0n) is 14.9. The Labute approximate surface area is 160 Å². The van der Waals surface area contributed by atoms with Gasteiger partial charge in [-0.2, -0.15) is 0 Å². The molecule has 1 N–H and O–H groups in total. The lowest BCUT2D eigenvalue weighted by atomic mass is 10.1. The summed E-state index contributed by atoms with van der Waals surface area (Å²) in [7, 11) is 0. The average molecular weight is 382 g/mol. The number of pyridine rings is 1. The summed E-state index contributed by atoms with van der Waals surface area (Å²) in [4.78, 5) is 20.0. The first-order valence-corrected chi connectivity index (χ1v) is 9.05. The van der Waals surface area contributed by atoms with E-state index >= 15 is 0 Å². The number of nitrogens with zero attached hydrogens (tertiary/aromatic N) is 2. The first-order valence-electron chi connectivity index (χ1n) is 8.17. The van der Waals surface area contributed by atoms with Gasteiger partial charge in [-0.1, -0.05) is 0 Å². The predicted molar refractivity (Wildman–Crippen MR) is 103 cm³/mol. The molecule has 3 aromatic rings. The number of ether oxygens (including phenoxy) is 2. The molecule has 0 saturated carbocycles. The van der Waals surface area contributed by atoms with Gasteiger partial charge in [0.15, 0.2) is 0 Å². The monoisotopic (exact) mass is 382 g/mol. The van der Waals surface area contributed by atoms with Crippen LogP contribution in [0.2, 0.25) is 0 Å². The molecule has 0 saturated heterocycles. The van der Waals surface area contributed by atoms with Gasteiger partial charge in [-0.3, -0.25) is 4.98 Å². The maximum absolute atomic E-state index is 10.7. The van der Waals surface area contributed by atoms with Crippen LogP contribution < -0.4 is 9.47 Å². The Bertz CT molecular complexity index is 928. The van der Waals surface area contributed by atoms with E-state index in [0.29, 0.717) is 24.0 Å². The fourth-order valence-electron chi connectivity index (χ4n) is 2.49. The third-order valence-corrected chi connectivity index (χ3v) is 4.43. The van der Waals surface area contributed by atoms with Crippen LogP contribution in [-0.2, 0) is 11.4 Å². The summed E-state index contributed by atoms with van der Waals surface area (Å²) < 4.78 is 11.6. The van der Waals surface area contributed by atoms with Crippen molar-refractivity contribution in [2.75, 3.05) is 0 Å². The topological polar surface area (TPSA) is 81.5 Å². The third kappa shape index (κ3) is 5.15. The normalized spacial score (nSPS) is 10.9. The number of hydrogen-bond donors (Lipinski definition) is 1. The number of carboxylic acids is 1. The van der Waals surface area contributed by atoms with Gasteiger partial charge in [-0.05, 0) is 54.8 Å². The molecule has 0 atom stereocenters. The molecule has 138 valence electrons. The van der Waals surface area contributed by atoms with Gasteiger partial charge in [-0.25, -0.2) is 9.78 Å². The highest BCUT2D eigenvalue weighted by Crippen LogP contribution is 2.30. The van der Waals surface area contributed by atoms with Crippen molar-refractivity contribution in [3.63, 3.8) is 0 Å². The largest absolute Gasteiger partial charge is 0.486 e. The van der Waals surface area contributed by atoms with Crippen LogP contribution in [0.1, 0.15) is 21.6 Å². The van der Waals surface area contributed by atoms with E-state index in [9.17, 15) is 4.79 Å². The van der Waals surface area contributed by atoms with Gasteiger partial charge < -0.3 is 14.6 Å². The highest BCUT2D eigenvalue weighted by molar-refractivity contribution is 7.09. The fourth-order valence-corrected chi connectivity index (χ4v) is 3.00. The van der Waals surface area contributed by atoms with E-state index in [1.54, 1.807) is 36.1 Å². The smallest absolute Gasteiger partial charge is 0.328 e. The minimum Gasteiger partial charge on any atom is -0.486 e. The van der Waals surface area contributed by atoms with Crippen LogP contribution >= 0.6 is 11.3 Å². The van der Waals surface area contributed by atoms with E-state index in [1.165, 1.54) is 11.3 Å². The fraction of sp³-hybridized carbons (Fsp3) is 0.150. The Morgan fingerprint density at radius 1 is 1.22 bits per heavy atom. The van der Waals surface area contributed by atoms with Crippen LogP contribution in [0.4, 0.5) is 0 Å². The summed E-state index contributed by atoms with van der Waals surface area (Å²) in [6.07, 6.45) is 6.06. The first-order chi connectivity index (χ1) is 13.0. The van der Waals surface area contributed by atoms with E-state index in [2.05, 4.69) is 9.97 Å². The van der Waals surface area contributed by atoms with Crippen molar-refractivity contribution < 1.29 is 19.4 Å². The summed E-state index contributed by atoms with van der Waals surface area (Å²) in [5, 5.41) is 8.74. The van der Waals surface area contributed by atoms with E-state index in [1.807, 2.05) is 26.0 Å². The van der Waals surface area contributed by atoms with Gasteiger partial charge in [-0.15, -0.1) is 11.3 Å². The number of aliphatic carboxylic acids is 1. The van der Waals surface area contributed by atoms with Crippen LogP contribution in [0.5, 0.6) is 17.4 Å². The van der Waals surface area contributed by atoms with Crippen LogP contribution in [0.15, 0.2) is 48.2 Å². The zero-order valence-corrected chi connectivity index (χ0v) is 15.7. The molecule has 0 radical (unpaired) electrons. The lowest BCUT2D eigenvalue weighted by Gasteiger charge is -2.12. The minimum atomic E-state index is -0.979. The summed E-state index contributed by atoms with van der Waals surface area (Å²) in [6, 6.07) is 7.29. The lowest BCUT2D eigenvalue weighted by molar-refractivity contribution is -0.131. The number of carboxylic acid groups (broad SMARTS) is 1. The van der Waals surface area contributed by atoms with Gasteiger partial charge in [0.05, 0.1) is 16.6 Å². The van der Waals surface area contributed by atoms with Crippen molar-refractivity contribution >= 4 is 23.4 Å². The van der Waals surface area contributed by atoms with E-state index in [-0.39, 0.29) is 0 Å². The molecule has 0 aliphatic heterocycles. The zero-order chi connectivity index (χ0) is 19.2. The van der Waals surface area contributed by atoms with Gasteiger partial charge >= 0.3 is 5.97 Å². The van der Waals surface area contributed by atoms with Gasteiger partial charge in [0, 0.05) is 18.3 Å². The molecule has 0 aliphatic rings. The van der Waals surface area contributed by atoms with Crippen molar-refractivity contribution in [3.8, 4) is 17.4 Å². The van der Waals surface area contributed by atoms with E-state index in [0.717, 1.165) is 27.6 Å². The van der Waals surface area contributed by atoms with Crippen LogP contribution in [0.3, 0.4) is 0 Å². The Hall–Kier alpha value is -3.19. The summed E-state index contributed by atoms with van der Waals surface area (Å²) in [5.74, 6) is 0.833. The van der Waals surface area contributed by atoms with Crippen LogP contribution in [0.25, 0.3) is 6.08 Å². The molecule has 7 heteroatoms. The highest BCUT2D eigenvalue weighted by Gasteiger charge is 2.08. The standard InChI is InChI=1S/C20H18N2O4S/c1-13-7-15(3-6-19(23)24)8-14(2)20(13)26-18-5-4-16(9-22-18)25-11-17-10-21-12-27-17/h3-10,12H,11H2,1-2H3,(H,23,24)/b6-3+. The van der Waals surface area contributed by atoms with Crippen LogP contribution in [-0.4, -0.2) is 21.0 Å². The number of aromatic nitrogens is 2. The second kappa shape index (κ2) is 8.46. The van der Waals surface area contributed by atoms with Crippen molar-refractivity contribution in [2.24, 2.45) is 0 Å². The second-order valence-corrected chi connectivity index (χ2v) is 6.82. The number of hydrogen-bond acceptors (Lipinski definition) is 6. The second-order valence-electron chi connectivity index (χ2n) is 5.85. The molecule has 0 spiro atoms. The SMILES string of the molecule is Cc1cc(/C=C/C(=O)O)cc(C)c1Oc1ccc(OCc2cncs2)cn1. The summed E-state index contributed by atoms with van der Waals surface area (Å²) in [6.45, 7) is 4.27. The molecule has 6 nitrogen and oxygen atoms in total. The lowest BCUT2D eigenvalue weighted by Crippen LogP contribution is -1.96. The Kier molecular flexibility index (Phi) is 5.83. The summed E-state index contributed by atoms with van der Waals surface area (Å²) in [5.41, 5.74) is 4.36. The number of rotatable bonds is 7. The molecule has 3 rings (SSSR count). The first kappa shape index (κ1) is 18.6. The average Bonchev–Trinajstić information content (AvgIpc) is 3.16. The molecular weight excluding hydrogens is 364 g/mol. The Morgan fingerprint density at radius 3 is 2.59 bits per heavy atom. The molecule has 1 aromatic carbocycles. The van der Waals surface area contributed by atoms with Crippen molar-refractivity contribution in [3.05, 3.63) is 69.8 Å². The van der Waals surface area contributed by atoms with Crippen molar-refractivity contribution in [2.45, 2.75) is 20.5 Å². The predicted octanol–water partition coefficient (Wildman–Crippen LogP) is 4.62. The van der Waals surface area contributed by atoms with Gasteiger partial charge in [0.2, 0.25) is 5.88 Å². The van der Waals surface area contributed by atoms with Crippen molar-refractivity contribution in [1.29, 1.82) is 0 Å². The maximum atomic E-state index is 10.7. The number of benzene rings is 1. The Morgan fingerprint density at radius 2 is 2.00 bits per heavy atom. The van der Waals surface area contributed by atoms with E-state index < -0.39 is 5.97 Å². The molecular formula is C20H18N2O4S.